The van der Waals surface area contributed by atoms with Crippen molar-refractivity contribution in [1.29, 1.82) is 0 Å². The number of amides is 1. The highest BCUT2D eigenvalue weighted by Crippen LogP contribution is 2.28. The number of hydrogen-bond donors (Lipinski definition) is 2. The van der Waals surface area contributed by atoms with Crippen LogP contribution in [0.2, 0.25) is 0 Å². The number of nitrogens with zero attached hydrogens (tertiary/aromatic N) is 1. The molecule has 2 aromatic carbocycles. The summed E-state index contributed by atoms with van der Waals surface area (Å²) in [6.07, 6.45) is 0. The molecular weight excluding hydrogens is 364 g/mol. The molecule has 0 saturated heterocycles. The molecule has 0 atom stereocenters. The Labute approximate surface area is 162 Å². The van der Waals surface area contributed by atoms with Crippen molar-refractivity contribution >= 4 is 17.6 Å². The minimum atomic E-state index is -1.08. The third kappa shape index (κ3) is 5.73. The molecule has 148 valence electrons. The maximum atomic E-state index is 12.2. The molecule has 0 heterocycles. The van der Waals surface area contributed by atoms with Crippen LogP contribution >= 0.6 is 0 Å². The summed E-state index contributed by atoms with van der Waals surface area (Å²) in [5, 5.41) is 12.8. The Kier molecular flexibility index (Phi) is 7.38. The Balaban J connectivity index is 2.07. The number of carboxylic acids is 1. The number of ether oxygens (including phenoxy) is 3. The Morgan fingerprint density at radius 3 is 2.32 bits per heavy atom. The summed E-state index contributed by atoms with van der Waals surface area (Å²) in [5.41, 5.74) is 4.18. The highest BCUT2D eigenvalue weighted by molar-refractivity contribution is 6.01. The maximum absolute atomic E-state index is 12.2. The van der Waals surface area contributed by atoms with Gasteiger partial charge in [-0.15, -0.1) is 0 Å². The Bertz CT molecular complexity index is 861. The highest BCUT2D eigenvalue weighted by atomic mass is 16.5. The zero-order chi connectivity index (χ0) is 20.5. The summed E-state index contributed by atoms with van der Waals surface area (Å²) < 4.78 is 15.7. The fraction of sp³-hybridized carbons (Fsp3) is 0.250. The van der Waals surface area contributed by atoms with Crippen molar-refractivity contribution in [3.63, 3.8) is 0 Å². The van der Waals surface area contributed by atoms with Crippen LogP contribution < -0.4 is 19.6 Å². The molecule has 0 unspecified atom stereocenters. The first kappa shape index (κ1) is 20.8. The normalized spacial score (nSPS) is 10.9. The molecule has 2 rings (SSSR count). The van der Waals surface area contributed by atoms with Crippen LogP contribution in [0.4, 0.5) is 0 Å². The number of carbonyl (C=O) groups is 2. The number of hydrazone groups is 1. The van der Waals surface area contributed by atoms with Crippen LogP contribution in [0, 0.1) is 0 Å². The molecule has 0 aliphatic carbocycles. The van der Waals surface area contributed by atoms with E-state index in [4.69, 9.17) is 19.3 Å². The predicted molar refractivity (Wildman–Crippen MR) is 103 cm³/mol. The van der Waals surface area contributed by atoms with E-state index in [0.29, 0.717) is 40.7 Å². The third-order valence-electron chi connectivity index (χ3n) is 3.69. The van der Waals surface area contributed by atoms with E-state index in [9.17, 15) is 9.59 Å². The second kappa shape index (κ2) is 9.96. The molecule has 28 heavy (non-hydrogen) atoms. The Hall–Kier alpha value is -3.55. The van der Waals surface area contributed by atoms with Gasteiger partial charge in [-0.05, 0) is 56.3 Å². The van der Waals surface area contributed by atoms with E-state index in [-0.39, 0.29) is 5.91 Å². The van der Waals surface area contributed by atoms with E-state index in [1.54, 1.807) is 49.4 Å². The van der Waals surface area contributed by atoms with Gasteiger partial charge in [0, 0.05) is 11.1 Å². The lowest BCUT2D eigenvalue weighted by molar-refractivity contribution is -0.139. The van der Waals surface area contributed by atoms with Crippen molar-refractivity contribution < 1.29 is 28.9 Å². The first-order chi connectivity index (χ1) is 13.4. The molecule has 2 aromatic rings. The molecule has 0 radical (unpaired) electrons. The monoisotopic (exact) mass is 386 g/mol. The highest BCUT2D eigenvalue weighted by Gasteiger charge is 2.10. The van der Waals surface area contributed by atoms with Crippen molar-refractivity contribution in [3.8, 4) is 17.2 Å². The van der Waals surface area contributed by atoms with Crippen LogP contribution in [0.15, 0.2) is 47.6 Å². The van der Waals surface area contributed by atoms with Gasteiger partial charge in [0.25, 0.3) is 5.91 Å². The van der Waals surface area contributed by atoms with Crippen molar-refractivity contribution in [2.24, 2.45) is 5.10 Å². The van der Waals surface area contributed by atoms with Gasteiger partial charge in [0.2, 0.25) is 0 Å². The zero-order valence-corrected chi connectivity index (χ0v) is 15.9. The standard InChI is InChI=1S/C20H22N2O6/c1-4-27-16-8-5-14(6-9-16)20(25)22-21-13(2)15-7-10-17(18(11-15)26-3)28-12-19(23)24/h5-11H,4,12H2,1-3H3,(H,22,25)(H,23,24)/b21-13-. The lowest BCUT2D eigenvalue weighted by Gasteiger charge is -2.11. The van der Waals surface area contributed by atoms with Gasteiger partial charge in [0.1, 0.15) is 5.75 Å². The van der Waals surface area contributed by atoms with Gasteiger partial charge >= 0.3 is 5.97 Å². The lowest BCUT2D eigenvalue weighted by Crippen LogP contribution is -2.19. The minimum Gasteiger partial charge on any atom is -0.494 e. The van der Waals surface area contributed by atoms with Gasteiger partial charge in [-0.2, -0.15) is 5.10 Å². The van der Waals surface area contributed by atoms with Crippen LogP contribution in [-0.4, -0.2) is 43.0 Å². The van der Waals surface area contributed by atoms with Crippen LogP contribution in [0.3, 0.4) is 0 Å². The molecule has 0 fully saturated rings. The maximum Gasteiger partial charge on any atom is 0.341 e. The second-order valence-corrected chi connectivity index (χ2v) is 5.64. The fourth-order valence-electron chi connectivity index (χ4n) is 2.28. The zero-order valence-electron chi connectivity index (χ0n) is 15.9. The van der Waals surface area contributed by atoms with Crippen molar-refractivity contribution in [1.82, 2.24) is 5.43 Å². The molecule has 1 amide bonds. The SMILES string of the molecule is CCOc1ccc(C(=O)N/N=C(/C)c2ccc(OCC(=O)O)c(OC)c2)cc1. The molecule has 8 heteroatoms. The topological polar surface area (TPSA) is 106 Å². The molecule has 2 N–H and O–H groups in total. The van der Waals surface area contributed by atoms with Crippen LogP contribution in [0.5, 0.6) is 17.2 Å². The third-order valence-corrected chi connectivity index (χ3v) is 3.69. The number of rotatable bonds is 9. The quantitative estimate of drug-likeness (QED) is 0.507. The number of nitrogens with one attached hydrogen (secondary N) is 1. The van der Waals surface area contributed by atoms with E-state index in [2.05, 4.69) is 10.5 Å². The average molecular weight is 386 g/mol. The van der Waals surface area contributed by atoms with Gasteiger partial charge in [0.05, 0.1) is 19.4 Å². The summed E-state index contributed by atoms with van der Waals surface area (Å²) in [5.74, 6) is -0.0707. The first-order valence-corrected chi connectivity index (χ1v) is 8.55. The van der Waals surface area contributed by atoms with Gasteiger partial charge in [-0.1, -0.05) is 0 Å². The molecule has 0 bridgehead atoms. The van der Waals surface area contributed by atoms with Crippen molar-refractivity contribution in [3.05, 3.63) is 53.6 Å². The number of methoxy groups -OCH3 is 1. The van der Waals surface area contributed by atoms with Crippen molar-refractivity contribution in [2.45, 2.75) is 13.8 Å². The largest absolute Gasteiger partial charge is 0.494 e. The van der Waals surface area contributed by atoms with E-state index >= 15 is 0 Å². The summed E-state index contributed by atoms with van der Waals surface area (Å²) in [6.45, 7) is 3.70. The summed E-state index contributed by atoms with van der Waals surface area (Å²) in [4.78, 5) is 22.8. The van der Waals surface area contributed by atoms with Gasteiger partial charge in [-0.25, -0.2) is 10.2 Å². The molecular formula is C20H22N2O6. The smallest absolute Gasteiger partial charge is 0.341 e. The Morgan fingerprint density at radius 2 is 1.71 bits per heavy atom. The molecule has 0 aliphatic rings. The number of benzene rings is 2. The molecule has 0 aliphatic heterocycles. The molecule has 0 spiro atoms. The number of carbonyl (C=O) groups excluding carboxylic acids is 1. The van der Waals surface area contributed by atoms with Crippen molar-refractivity contribution in [2.75, 3.05) is 20.3 Å². The van der Waals surface area contributed by atoms with E-state index in [1.165, 1.54) is 7.11 Å². The molecule has 8 nitrogen and oxygen atoms in total. The average Bonchev–Trinajstić information content (AvgIpc) is 2.70. The number of hydrogen-bond acceptors (Lipinski definition) is 6. The lowest BCUT2D eigenvalue weighted by atomic mass is 10.1. The van der Waals surface area contributed by atoms with Crippen LogP contribution in [0.1, 0.15) is 29.8 Å². The minimum absolute atomic E-state index is 0.305. The molecule has 0 saturated carbocycles. The Morgan fingerprint density at radius 1 is 1.04 bits per heavy atom. The number of carboxylic acid groups (broad SMARTS) is 1. The summed E-state index contributed by atoms with van der Waals surface area (Å²) in [7, 11) is 1.45. The van der Waals surface area contributed by atoms with E-state index in [1.807, 2.05) is 6.92 Å². The predicted octanol–water partition coefficient (Wildman–Crippen LogP) is 2.71. The summed E-state index contributed by atoms with van der Waals surface area (Å²) >= 11 is 0. The number of aliphatic carboxylic acids is 1. The fourth-order valence-corrected chi connectivity index (χ4v) is 2.28. The second-order valence-electron chi connectivity index (χ2n) is 5.64. The van der Waals surface area contributed by atoms with Gasteiger partial charge in [0.15, 0.2) is 18.1 Å². The summed E-state index contributed by atoms with van der Waals surface area (Å²) in [6, 6.07) is 11.7. The first-order valence-electron chi connectivity index (χ1n) is 8.55. The van der Waals surface area contributed by atoms with Crippen LogP contribution in [0.25, 0.3) is 0 Å². The van der Waals surface area contributed by atoms with Gasteiger partial charge < -0.3 is 19.3 Å². The van der Waals surface area contributed by atoms with Crippen LogP contribution in [-0.2, 0) is 4.79 Å². The molecule has 0 aromatic heterocycles. The van der Waals surface area contributed by atoms with Gasteiger partial charge in [-0.3, -0.25) is 4.79 Å². The van der Waals surface area contributed by atoms with E-state index in [0.717, 1.165) is 0 Å². The van der Waals surface area contributed by atoms with E-state index < -0.39 is 12.6 Å².